The van der Waals surface area contributed by atoms with Gasteiger partial charge in [0.15, 0.2) is 0 Å². The molecule has 19 heavy (non-hydrogen) atoms. The van der Waals surface area contributed by atoms with E-state index in [2.05, 4.69) is 31.2 Å². The van der Waals surface area contributed by atoms with Gasteiger partial charge in [0.1, 0.15) is 0 Å². The van der Waals surface area contributed by atoms with Crippen molar-refractivity contribution in [3.8, 4) is 0 Å². The predicted octanol–water partition coefficient (Wildman–Crippen LogP) is 5.79. The van der Waals surface area contributed by atoms with Crippen molar-refractivity contribution in [1.29, 1.82) is 0 Å². The molecule has 0 fully saturated rings. The maximum Gasteiger partial charge on any atom is 0.0431 e. The van der Waals surface area contributed by atoms with E-state index in [4.69, 9.17) is 5.11 Å². The number of allylic oxidation sites excluding steroid dienone is 4. The molecule has 0 saturated heterocycles. The van der Waals surface area contributed by atoms with Crippen molar-refractivity contribution >= 4 is 0 Å². The lowest BCUT2D eigenvalue weighted by Gasteiger charge is -1.98. The van der Waals surface area contributed by atoms with Crippen LogP contribution in [0, 0.1) is 0 Å². The quantitative estimate of drug-likeness (QED) is 0.311. The molecule has 0 radical (unpaired) electrons. The maximum absolute atomic E-state index is 8.66. The molecule has 0 aliphatic rings. The largest absolute Gasteiger partial charge is 0.396 e. The summed E-state index contributed by atoms with van der Waals surface area (Å²) in [5, 5.41) is 8.66. The van der Waals surface area contributed by atoms with E-state index in [-0.39, 0.29) is 0 Å². The Morgan fingerprint density at radius 3 is 1.74 bits per heavy atom. The molecule has 1 N–H and O–H groups in total. The molecule has 0 atom stereocenters. The zero-order valence-electron chi connectivity index (χ0n) is 12.9. The van der Waals surface area contributed by atoms with Crippen molar-refractivity contribution in [3.63, 3.8) is 0 Å². The van der Waals surface area contributed by atoms with Gasteiger partial charge in [0.05, 0.1) is 0 Å². The van der Waals surface area contributed by atoms with E-state index in [0.29, 0.717) is 6.61 Å². The molecular formula is C18H34O. The van der Waals surface area contributed by atoms with Crippen LogP contribution in [0.4, 0.5) is 0 Å². The Bertz CT molecular complexity index is 206. The van der Waals surface area contributed by atoms with Gasteiger partial charge in [-0.05, 0) is 38.5 Å². The molecule has 0 unspecified atom stereocenters. The third-order valence-electron chi connectivity index (χ3n) is 3.36. The number of hydrogen-bond acceptors (Lipinski definition) is 1. The molecule has 0 amide bonds. The highest BCUT2D eigenvalue weighted by Gasteiger charge is 1.89. The number of unbranched alkanes of at least 4 members (excludes halogenated alkanes) is 9. The summed E-state index contributed by atoms with van der Waals surface area (Å²) in [5.41, 5.74) is 0. The Hall–Kier alpha value is -0.560. The smallest absolute Gasteiger partial charge is 0.0431 e. The SMILES string of the molecule is CCCCCC=CCC=CCCCCCCCCO. The van der Waals surface area contributed by atoms with Crippen LogP contribution in [0.3, 0.4) is 0 Å². The highest BCUT2D eigenvalue weighted by atomic mass is 16.2. The Labute approximate surface area is 120 Å². The van der Waals surface area contributed by atoms with Gasteiger partial charge in [-0.15, -0.1) is 0 Å². The highest BCUT2D eigenvalue weighted by Crippen LogP contribution is 2.07. The minimum Gasteiger partial charge on any atom is -0.396 e. The van der Waals surface area contributed by atoms with Gasteiger partial charge in [-0.3, -0.25) is 0 Å². The van der Waals surface area contributed by atoms with E-state index in [1.54, 1.807) is 0 Å². The predicted molar refractivity (Wildman–Crippen MR) is 86.4 cm³/mol. The van der Waals surface area contributed by atoms with E-state index >= 15 is 0 Å². The topological polar surface area (TPSA) is 20.2 Å². The zero-order valence-corrected chi connectivity index (χ0v) is 12.9. The Balaban J connectivity index is 3.12. The van der Waals surface area contributed by atoms with Crippen LogP contribution in [0.5, 0.6) is 0 Å². The van der Waals surface area contributed by atoms with Crippen LogP contribution in [0.2, 0.25) is 0 Å². The van der Waals surface area contributed by atoms with E-state index < -0.39 is 0 Å². The Morgan fingerprint density at radius 2 is 1.16 bits per heavy atom. The molecular weight excluding hydrogens is 232 g/mol. The number of aliphatic hydroxyl groups excluding tert-OH is 1. The lowest BCUT2D eigenvalue weighted by molar-refractivity contribution is 0.282. The summed E-state index contributed by atoms with van der Waals surface area (Å²) < 4.78 is 0. The van der Waals surface area contributed by atoms with E-state index in [0.717, 1.165) is 12.8 Å². The summed E-state index contributed by atoms with van der Waals surface area (Å²) >= 11 is 0. The summed E-state index contributed by atoms with van der Waals surface area (Å²) in [7, 11) is 0. The normalized spacial score (nSPS) is 11.9. The number of aliphatic hydroxyl groups is 1. The van der Waals surface area contributed by atoms with E-state index in [9.17, 15) is 0 Å². The van der Waals surface area contributed by atoms with Crippen LogP contribution in [-0.2, 0) is 0 Å². The van der Waals surface area contributed by atoms with Crippen molar-refractivity contribution in [1.82, 2.24) is 0 Å². The molecule has 0 rings (SSSR count). The zero-order chi connectivity index (χ0) is 14.0. The fraction of sp³-hybridized carbons (Fsp3) is 0.778. The fourth-order valence-electron chi connectivity index (χ4n) is 2.10. The molecule has 1 nitrogen and oxygen atoms in total. The van der Waals surface area contributed by atoms with Crippen LogP contribution >= 0.6 is 0 Å². The number of hydrogen-bond donors (Lipinski definition) is 1. The maximum atomic E-state index is 8.66. The molecule has 0 aromatic carbocycles. The average molecular weight is 266 g/mol. The lowest BCUT2D eigenvalue weighted by Crippen LogP contribution is -1.83. The molecule has 112 valence electrons. The molecule has 0 aromatic rings. The summed E-state index contributed by atoms with van der Waals surface area (Å²) in [6.45, 7) is 2.60. The summed E-state index contributed by atoms with van der Waals surface area (Å²) in [6, 6.07) is 0. The molecule has 0 aliphatic heterocycles. The third kappa shape index (κ3) is 17.4. The van der Waals surface area contributed by atoms with Gasteiger partial charge in [0, 0.05) is 6.61 Å². The second-order valence-electron chi connectivity index (χ2n) is 5.31. The minimum atomic E-state index is 0.356. The molecule has 0 spiro atoms. The standard InChI is InChI=1S/C18H34O/c1-2-3-4-5-6-7-8-9-10-11-12-13-14-15-16-17-18-19/h6-7,9-10,19H,2-5,8,11-18H2,1H3. The molecule has 0 aromatic heterocycles. The third-order valence-corrected chi connectivity index (χ3v) is 3.36. The van der Waals surface area contributed by atoms with Crippen molar-refractivity contribution in [2.24, 2.45) is 0 Å². The van der Waals surface area contributed by atoms with Gasteiger partial charge in [-0.25, -0.2) is 0 Å². The average Bonchev–Trinajstić information content (AvgIpc) is 2.43. The van der Waals surface area contributed by atoms with Gasteiger partial charge in [0.25, 0.3) is 0 Å². The molecule has 0 aliphatic carbocycles. The minimum absolute atomic E-state index is 0.356. The first-order valence-electron chi connectivity index (χ1n) is 8.32. The fourth-order valence-corrected chi connectivity index (χ4v) is 2.10. The van der Waals surface area contributed by atoms with E-state index in [1.807, 2.05) is 0 Å². The lowest BCUT2D eigenvalue weighted by atomic mass is 10.1. The van der Waals surface area contributed by atoms with Crippen molar-refractivity contribution in [2.45, 2.75) is 84.0 Å². The first-order chi connectivity index (χ1) is 9.41. The second-order valence-corrected chi connectivity index (χ2v) is 5.31. The van der Waals surface area contributed by atoms with Crippen LogP contribution in [0.25, 0.3) is 0 Å². The van der Waals surface area contributed by atoms with Crippen LogP contribution < -0.4 is 0 Å². The van der Waals surface area contributed by atoms with Gasteiger partial charge in [-0.2, -0.15) is 0 Å². The summed E-state index contributed by atoms with van der Waals surface area (Å²) in [5.74, 6) is 0. The summed E-state index contributed by atoms with van der Waals surface area (Å²) in [6.07, 6.45) is 24.2. The first-order valence-corrected chi connectivity index (χ1v) is 8.32. The van der Waals surface area contributed by atoms with Gasteiger partial charge >= 0.3 is 0 Å². The summed E-state index contributed by atoms with van der Waals surface area (Å²) in [4.78, 5) is 0. The van der Waals surface area contributed by atoms with Gasteiger partial charge < -0.3 is 5.11 Å². The number of rotatable bonds is 14. The molecule has 0 saturated carbocycles. The monoisotopic (exact) mass is 266 g/mol. The van der Waals surface area contributed by atoms with Crippen molar-refractivity contribution in [3.05, 3.63) is 24.3 Å². The molecule has 1 heteroatoms. The van der Waals surface area contributed by atoms with Crippen LogP contribution in [0.1, 0.15) is 84.0 Å². The second kappa shape index (κ2) is 17.4. The van der Waals surface area contributed by atoms with Crippen molar-refractivity contribution in [2.75, 3.05) is 6.61 Å². The van der Waals surface area contributed by atoms with Crippen LogP contribution in [-0.4, -0.2) is 11.7 Å². The van der Waals surface area contributed by atoms with Crippen molar-refractivity contribution < 1.29 is 5.11 Å². The first kappa shape index (κ1) is 18.4. The molecule has 0 bridgehead atoms. The van der Waals surface area contributed by atoms with Gasteiger partial charge in [-0.1, -0.05) is 69.8 Å². The van der Waals surface area contributed by atoms with Gasteiger partial charge in [0.2, 0.25) is 0 Å². The van der Waals surface area contributed by atoms with E-state index in [1.165, 1.54) is 64.2 Å². The van der Waals surface area contributed by atoms with Crippen LogP contribution in [0.15, 0.2) is 24.3 Å². The Kier molecular flexibility index (Phi) is 16.9. The highest BCUT2D eigenvalue weighted by molar-refractivity contribution is 4.92. The molecule has 0 heterocycles. The Morgan fingerprint density at radius 1 is 0.632 bits per heavy atom.